The minimum absolute atomic E-state index is 0.136. The quantitative estimate of drug-likeness (QED) is 0.353. The summed E-state index contributed by atoms with van der Waals surface area (Å²) >= 11 is 0. The van der Waals surface area contributed by atoms with E-state index in [1.165, 1.54) is 10.2 Å². The number of likely N-dealkylation sites (tertiary alicyclic amines) is 1. The van der Waals surface area contributed by atoms with Crippen molar-refractivity contribution in [1.29, 1.82) is 0 Å². The summed E-state index contributed by atoms with van der Waals surface area (Å²) < 4.78 is 7.47. The van der Waals surface area contributed by atoms with Crippen molar-refractivity contribution in [2.24, 2.45) is 5.92 Å². The van der Waals surface area contributed by atoms with Gasteiger partial charge >= 0.3 is 0 Å². The minimum atomic E-state index is -0.136. The SMILES string of the molecule is CCc1cccc(-c2ccc(=O)n(Cc3cccc(-c4ncc(OCC5CCN(C)CC5)cn4)c3)n2)c1. The van der Waals surface area contributed by atoms with Crippen LogP contribution in [-0.4, -0.2) is 51.4 Å². The maximum Gasteiger partial charge on any atom is 0.267 e. The predicted molar refractivity (Wildman–Crippen MR) is 146 cm³/mol. The zero-order valence-corrected chi connectivity index (χ0v) is 21.5. The van der Waals surface area contributed by atoms with Crippen molar-refractivity contribution < 1.29 is 4.74 Å². The first-order valence-electron chi connectivity index (χ1n) is 13.0. The summed E-state index contributed by atoms with van der Waals surface area (Å²) in [6, 6.07) is 19.6. The third kappa shape index (κ3) is 6.30. The Labute approximate surface area is 217 Å². The molecule has 0 aliphatic carbocycles. The van der Waals surface area contributed by atoms with Crippen molar-refractivity contribution in [3.05, 3.63) is 94.5 Å². The van der Waals surface area contributed by atoms with E-state index < -0.39 is 0 Å². The molecule has 0 radical (unpaired) electrons. The zero-order chi connectivity index (χ0) is 25.6. The third-order valence-electron chi connectivity index (χ3n) is 6.97. The molecule has 7 heteroatoms. The summed E-state index contributed by atoms with van der Waals surface area (Å²) in [5, 5.41) is 4.64. The molecule has 5 rings (SSSR count). The van der Waals surface area contributed by atoms with Crippen molar-refractivity contribution in [3.8, 4) is 28.4 Å². The van der Waals surface area contributed by atoms with E-state index in [-0.39, 0.29) is 5.56 Å². The second-order valence-corrected chi connectivity index (χ2v) is 9.77. The maximum absolute atomic E-state index is 12.6. The van der Waals surface area contributed by atoms with Crippen molar-refractivity contribution in [1.82, 2.24) is 24.6 Å². The van der Waals surface area contributed by atoms with Crippen molar-refractivity contribution >= 4 is 0 Å². The lowest BCUT2D eigenvalue weighted by atomic mass is 9.98. The van der Waals surface area contributed by atoms with Crippen LogP contribution in [0.1, 0.15) is 30.9 Å². The van der Waals surface area contributed by atoms with Gasteiger partial charge < -0.3 is 9.64 Å². The van der Waals surface area contributed by atoms with E-state index in [4.69, 9.17) is 4.74 Å². The highest BCUT2D eigenvalue weighted by Crippen LogP contribution is 2.21. The van der Waals surface area contributed by atoms with Crippen molar-refractivity contribution in [3.63, 3.8) is 0 Å². The molecule has 0 spiro atoms. The van der Waals surface area contributed by atoms with Crippen LogP contribution in [0.5, 0.6) is 5.75 Å². The highest BCUT2D eigenvalue weighted by atomic mass is 16.5. The molecule has 4 aromatic rings. The van der Waals surface area contributed by atoms with Crippen molar-refractivity contribution in [2.75, 3.05) is 26.7 Å². The number of rotatable bonds is 8. The van der Waals surface area contributed by atoms with E-state index in [0.717, 1.165) is 54.7 Å². The fraction of sp³-hybridized carbons (Fsp3) is 0.333. The molecule has 0 amide bonds. The van der Waals surface area contributed by atoms with Gasteiger partial charge in [0.05, 0.1) is 31.2 Å². The molecule has 0 N–H and O–H groups in total. The molecule has 1 aliphatic rings. The largest absolute Gasteiger partial charge is 0.490 e. The van der Waals surface area contributed by atoms with Gasteiger partial charge in [0.2, 0.25) is 0 Å². The molecule has 37 heavy (non-hydrogen) atoms. The Morgan fingerprint density at radius 3 is 2.38 bits per heavy atom. The fourth-order valence-electron chi connectivity index (χ4n) is 4.63. The van der Waals surface area contributed by atoms with Gasteiger partial charge in [0, 0.05) is 17.2 Å². The average molecular weight is 496 g/mol. The van der Waals surface area contributed by atoms with E-state index >= 15 is 0 Å². The van der Waals surface area contributed by atoms with Crippen LogP contribution in [0, 0.1) is 5.92 Å². The van der Waals surface area contributed by atoms with Crippen LogP contribution in [-0.2, 0) is 13.0 Å². The van der Waals surface area contributed by atoms with E-state index in [1.807, 2.05) is 36.4 Å². The summed E-state index contributed by atoms with van der Waals surface area (Å²) in [6.45, 7) is 5.44. The molecule has 0 bridgehead atoms. The predicted octanol–water partition coefficient (Wildman–Crippen LogP) is 4.70. The summed E-state index contributed by atoms with van der Waals surface area (Å²) in [4.78, 5) is 24.0. The van der Waals surface area contributed by atoms with Gasteiger partial charge in [-0.1, -0.05) is 43.3 Å². The first-order chi connectivity index (χ1) is 18.1. The average Bonchev–Trinajstić information content (AvgIpc) is 2.94. The second kappa shape index (κ2) is 11.5. The monoisotopic (exact) mass is 495 g/mol. The number of benzene rings is 2. The fourth-order valence-corrected chi connectivity index (χ4v) is 4.63. The Kier molecular flexibility index (Phi) is 7.70. The van der Waals surface area contributed by atoms with Crippen molar-refractivity contribution in [2.45, 2.75) is 32.7 Å². The smallest absolute Gasteiger partial charge is 0.267 e. The Morgan fingerprint density at radius 2 is 1.62 bits per heavy atom. The summed E-state index contributed by atoms with van der Waals surface area (Å²) in [7, 11) is 2.16. The Hall–Kier alpha value is -3.84. The van der Waals surface area contributed by atoms with Gasteiger partial charge in [-0.2, -0.15) is 5.10 Å². The molecule has 2 aromatic carbocycles. The van der Waals surface area contributed by atoms with Gasteiger partial charge in [-0.15, -0.1) is 0 Å². The zero-order valence-electron chi connectivity index (χ0n) is 21.5. The van der Waals surface area contributed by atoms with Gasteiger partial charge in [-0.3, -0.25) is 4.79 Å². The number of aryl methyl sites for hydroxylation is 1. The number of hydrogen-bond acceptors (Lipinski definition) is 6. The van der Waals surface area contributed by atoms with Crippen LogP contribution in [0.15, 0.2) is 77.9 Å². The molecule has 0 saturated carbocycles. The topological polar surface area (TPSA) is 73.1 Å². The van der Waals surface area contributed by atoms with Gasteiger partial charge in [-0.25, -0.2) is 14.6 Å². The van der Waals surface area contributed by atoms with Gasteiger partial charge in [0.1, 0.15) is 0 Å². The lowest BCUT2D eigenvalue weighted by Crippen LogP contribution is -2.32. The molecule has 2 aromatic heterocycles. The molecular weight excluding hydrogens is 462 g/mol. The molecular formula is C30H33N5O2. The van der Waals surface area contributed by atoms with Crippen LogP contribution in [0.4, 0.5) is 0 Å². The molecule has 1 fully saturated rings. The number of aromatic nitrogens is 4. The summed E-state index contributed by atoms with van der Waals surface area (Å²) in [5.74, 6) is 1.90. The van der Waals surface area contributed by atoms with Gasteiger partial charge in [0.15, 0.2) is 11.6 Å². The normalized spacial score (nSPS) is 14.5. The molecule has 1 saturated heterocycles. The number of nitrogens with zero attached hydrogens (tertiary/aromatic N) is 5. The van der Waals surface area contributed by atoms with Gasteiger partial charge in [-0.05, 0) is 74.6 Å². The van der Waals surface area contributed by atoms with E-state index in [0.29, 0.717) is 30.6 Å². The van der Waals surface area contributed by atoms with Crippen LogP contribution >= 0.6 is 0 Å². The minimum Gasteiger partial charge on any atom is -0.490 e. The molecule has 190 valence electrons. The third-order valence-corrected chi connectivity index (χ3v) is 6.97. The van der Waals surface area contributed by atoms with E-state index in [9.17, 15) is 4.79 Å². The number of hydrogen-bond donors (Lipinski definition) is 0. The first-order valence-corrected chi connectivity index (χ1v) is 13.0. The van der Waals surface area contributed by atoms with Crippen LogP contribution in [0.25, 0.3) is 22.6 Å². The molecule has 7 nitrogen and oxygen atoms in total. The first kappa shape index (κ1) is 24.8. The number of ether oxygens (including phenoxy) is 1. The van der Waals surface area contributed by atoms with Crippen LogP contribution in [0.2, 0.25) is 0 Å². The molecule has 0 atom stereocenters. The van der Waals surface area contributed by atoms with Crippen LogP contribution < -0.4 is 10.3 Å². The summed E-state index contributed by atoms with van der Waals surface area (Å²) in [5.41, 5.74) is 4.74. The lowest BCUT2D eigenvalue weighted by Gasteiger charge is -2.28. The Morgan fingerprint density at radius 1 is 0.919 bits per heavy atom. The molecule has 3 heterocycles. The molecule has 0 unspecified atom stereocenters. The molecule has 1 aliphatic heterocycles. The Balaban J connectivity index is 1.27. The summed E-state index contributed by atoms with van der Waals surface area (Å²) in [6.07, 6.45) is 6.75. The van der Waals surface area contributed by atoms with E-state index in [2.05, 4.69) is 46.1 Å². The standard InChI is InChI=1S/C30H33N5O2/c1-3-22-6-4-8-25(16-22)28-10-11-29(36)35(33-28)20-24-7-5-9-26(17-24)30-31-18-27(19-32-30)37-21-23-12-14-34(2)15-13-23/h4-11,16-19,23H,3,12-15,20-21H2,1-2H3. The second-order valence-electron chi connectivity index (χ2n) is 9.77. The highest BCUT2D eigenvalue weighted by molar-refractivity contribution is 5.59. The Bertz CT molecular complexity index is 1390. The maximum atomic E-state index is 12.6. The highest BCUT2D eigenvalue weighted by Gasteiger charge is 2.17. The van der Waals surface area contributed by atoms with Crippen LogP contribution in [0.3, 0.4) is 0 Å². The number of piperidine rings is 1. The van der Waals surface area contributed by atoms with E-state index in [1.54, 1.807) is 24.5 Å². The van der Waals surface area contributed by atoms with Gasteiger partial charge in [0.25, 0.3) is 5.56 Å². The lowest BCUT2D eigenvalue weighted by molar-refractivity contribution is 0.159.